The van der Waals surface area contributed by atoms with E-state index in [1.54, 1.807) is 0 Å². The molecule has 0 aliphatic carbocycles. The van der Waals surface area contributed by atoms with E-state index in [1.165, 1.54) is 12.5 Å². The number of carbonyl (C=O) groups excluding carboxylic acids is 1. The standard InChI is InChI=1S/C19H25FN4O/c20-17-7-16-12(10-24(19(16)25)14-2-1-5-21-8-14)6-18(17)23-11-13-3-4-15(23)9-22-13/h6-7,13-15,21-22H,1-5,8-11H2. The smallest absolute Gasteiger partial charge is 0.254 e. The number of piperidine rings is 3. The fourth-order valence-electron chi connectivity index (χ4n) is 4.96. The molecule has 2 bridgehead atoms. The zero-order valence-corrected chi connectivity index (χ0v) is 14.4. The van der Waals surface area contributed by atoms with Gasteiger partial charge < -0.3 is 20.4 Å². The van der Waals surface area contributed by atoms with Gasteiger partial charge in [-0.15, -0.1) is 0 Å². The molecule has 0 aromatic heterocycles. The maximum atomic E-state index is 14.9. The summed E-state index contributed by atoms with van der Waals surface area (Å²) >= 11 is 0. The minimum absolute atomic E-state index is 0.00372. The number of rotatable bonds is 2. The summed E-state index contributed by atoms with van der Waals surface area (Å²) in [6.45, 7) is 4.28. The minimum atomic E-state index is -0.247. The summed E-state index contributed by atoms with van der Waals surface area (Å²) in [5, 5.41) is 6.88. The Hall–Kier alpha value is -1.66. The third-order valence-electron chi connectivity index (χ3n) is 6.37. The number of nitrogens with one attached hydrogen (secondary N) is 2. The number of anilines is 1. The largest absolute Gasteiger partial charge is 0.363 e. The number of amides is 1. The average molecular weight is 344 g/mol. The molecule has 25 heavy (non-hydrogen) atoms. The van der Waals surface area contributed by atoms with E-state index in [0.29, 0.717) is 29.9 Å². The van der Waals surface area contributed by atoms with Crippen LogP contribution in [0.4, 0.5) is 10.1 Å². The molecule has 2 N–H and O–H groups in total. The third-order valence-corrected chi connectivity index (χ3v) is 6.37. The first-order chi connectivity index (χ1) is 12.2. The van der Waals surface area contributed by atoms with Gasteiger partial charge in [0.25, 0.3) is 5.91 Å². The van der Waals surface area contributed by atoms with E-state index >= 15 is 0 Å². The van der Waals surface area contributed by atoms with Gasteiger partial charge in [0.15, 0.2) is 0 Å². The van der Waals surface area contributed by atoms with Gasteiger partial charge in [0, 0.05) is 49.9 Å². The van der Waals surface area contributed by atoms with Gasteiger partial charge in [-0.2, -0.15) is 0 Å². The van der Waals surface area contributed by atoms with Crippen LogP contribution in [-0.2, 0) is 6.54 Å². The molecule has 5 heterocycles. The van der Waals surface area contributed by atoms with Crippen LogP contribution in [0.25, 0.3) is 0 Å². The number of halogens is 1. The number of carbonyl (C=O) groups is 1. The van der Waals surface area contributed by atoms with Crippen LogP contribution in [0, 0.1) is 5.82 Å². The Balaban J connectivity index is 1.44. The van der Waals surface area contributed by atoms with Crippen molar-refractivity contribution in [1.82, 2.24) is 15.5 Å². The second-order valence-electron chi connectivity index (χ2n) is 7.88. The number of hydrogen-bond donors (Lipinski definition) is 2. The van der Waals surface area contributed by atoms with E-state index in [4.69, 9.17) is 0 Å². The van der Waals surface area contributed by atoms with Crippen molar-refractivity contribution in [3.63, 3.8) is 0 Å². The molecule has 134 valence electrons. The summed E-state index contributed by atoms with van der Waals surface area (Å²) in [6.07, 6.45) is 4.42. The highest BCUT2D eigenvalue weighted by Crippen LogP contribution is 2.35. The van der Waals surface area contributed by atoms with Crippen molar-refractivity contribution in [3.05, 3.63) is 29.1 Å². The van der Waals surface area contributed by atoms with Gasteiger partial charge in [-0.25, -0.2) is 4.39 Å². The fraction of sp³-hybridized carbons (Fsp3) is 0.632. The Morgan fingerprint density at radius 3 is 2.64 bits per heavy atom. The first-order valence-electron chi connectivity index (χ1n) is 9.55. The minimum Gasteiger partial charge on any atom is -0.363 e. The molecule has 6 heteroatoms. The van der Waals surface area contributed by atoms with E-state index < -0.39 is 0 Å². The summed E-state index contributed by atoms with van der Waals surface area (Å²) < 4.78 is 14.9. The maximum Gasteiger partial charge on any atom is 0.254 e. The Kier molecular flexibility index (Phi) is 3.71. The van der Waals surface area contributed by atoms with E-state index in [-0.39, 0.29) is 17.8 Å². The second-order valence-corrected chi connectivity index (χ2v) is 7.88. The van der Waals surface area contributed by atoms with Gasteiger partial charge in [0.2, 0.25) is 0 Å². The quantitative estimate of drug-likeness (QED) is 0.853. The first kappa shape index (κ1) is 15.6. The predicted octanol–water partition coefficient (Wildman–Crippen LogP) is 1.47. The number of benzene rings is 1. The van der Waals surface area contributed by atoms with Gasteiger partial charge >= 0.3 is 0 Å². The third kappa shape index (κ3) is 2.54. The van der Waals surface area contributed by atoms with Crippen LogP contribution in [0.3, 0.4) is 0 Å². The molecule has 0 saturated carbocycles. The molecule has 3 unspecified atom stereocenters. The molecule has 3 atom stereocenters. The normalized spacial score (nSPS) is 31.6. The molecule has 5 aliphatic heterocycles. The molecule has 5 nitrogen and oxygen atoms in total. The summed E-state index contributed by atoms with van der Waals surface area (Å²) in [6, 6.07) is 4.49. The predicted molar refractivity (Wildman–Crippen MR) is 94.3 cm³/mol. The van der Waals surface area contributed by atoms with Gasteiger partial charge in [-0.05, 0) is 49.9 Å². The zero-order valence-electron chi connectivity index (χ0n) is 14.4. The molecule has 0 radical (unpaired) electrons. The van der Waals surface area contributed by atoms with Crippen molar-refractivity contribution >= 4 is 11.6 Å². The monoisotopic (exact) mass is 344 g/mol. The molecule has 5 aliphatic rings. The molecule has 4 fully saturated rings. The lowest BCUT2D eigenvalue weighted by molar-refractivity contribution is 0.0674. The lowest BCUT2D eigenvalue weighted by Gasteiger charge is -2.47. The highest BCUT2D eigenvalue weighted by Gasteiger charge is 2.38. The van der Waals surface area contributed by atoms with Crippen LogP contribution >= 0.6 is 0 Å². The van der Waals surface area contributed by atoms with Crippen molar-refractivity contribution in [3.8, 4) is 0 Å². The van der Waals surface area contributed by atoms with Crippen LogP contribution in [0.1, 0.15) is 41.6 Å². The molecule has 6 rings (SSSR count). The lowest BCUT2D eigenvalue weighted by Crippen LogP contribution is -2.61. The Labute approximate surface area is 147 Å². The molecule has 1 aromatic rings. The second kappa shape index (κ2) is 5.95. The van der Waals surface area contributed by atoms with Gasteiger partial charge in [0.1, 0.15) is 5.82 Å². The Morgan fingerprint density at radius 1 is 1.08 bits per heavy atom. The average Bonchev–Trinajstić information content (AvgIpc) is 2.99. The van der Waals surface area contributed by atoms with Crippen LogP contribution in [-0.4, -0.2) is 55.1 Å². The fourth-order valence-corrected chi connectivity index (χ4v) is 4.96. The molecule has 4 saturated heterocycles. The number of piperazine rings is 1. The van der Waals surface area contributed by atoms with E-state index in [1.807, 2.05) is 11.0 Å². The number of nitrogens with zero attached hydrogens (tertiary/aromatic N) is 2. The van der Waals surface area contributed by atoms with Crippen LogP contribution in [0.2, 0.25) is 0 Å². The number of fused-ring (bicyclic) bond motifs is 4. The van der Waals surface area contributed by atoms with Crippen LogP contribution in [0.5, 0.6) is 0 Å². The van der Waals surface area contributed by atoms with Gasteiger partial charge in [-0.3, -0.25) is 4.79 Å². The summed E-state index contributed by atoms with van der Waals surface area (Å²) in [5.41, 5.74) is 2.24. The Bertz CT molecular complexity index is 695. The van der Waals surface area contributed by atoms with Crippen molar-refractivity contribution in [2.75, 3.05) is 31.1 Å². The molecule has 0 spiro atoms. The highest BCUT2D eigenvalue weighted by atomic mass is 19.1. The van der Waals surface area contributed by atoms with E-state index in [0.717, 1.165) is 51.0 Å². The molecular formula is C19H25FN4O. The molecular weight excluding hydrogens is 319 g/mol. The highest BCUT2D eigenvalue weighted by molar-refractivity contribution is 5.99. The molecule has 1 amide bonds. The van der Waals surface area contributed by atoms with E-state index in [9.17, 15) is 9.18 Å². The van der Waals surface area contributed by atoms with E-state index in [2.05, 4.69) is 15.5 Å². The maximum absolute atomic E-state index is 14.9. The lowest BCUT2D eigenvalue weighted by atomic mass is 9.92. The SMILES string of the molecule is O=C1c2cc(F)c(N3CC4CCC3CN4)cc2CN1C1CCCNC1. The van der Waals surface area contributed by atoms with Crippen LogP contribution < -0.4 is 15.5 Å². The molecule has 1 aromatic carbocycles. The summed E-state index contributed by atoms with van der Waals surface area (Å²) in [5.74, 6) is -0.251. The van der Waals surface area contributed by atoms with Crippen molar-refractivity contribution in [2.45, 2.75) is 50.4 Å². The summed E-state index contributed by atoms with van der Waals surface area (Å²) in [4.78, 5) is 16.9. The van der Waals surface area contributed by atoms with Crippen LogP contribution in [0.15, 0.2) is 12.1 Å². The van der Waals surface area contributed by atoms with Gasteiger partial charge in [0.05, 0.1) is 5.69 Å². The van der Waals surface area contributed by atoms with Crippen molar-refractivity contribution in [1.29, 1.82) is 0 Å². The zero-order chi connectivity index (χ0) is 17.0. The Morgan fingerprint density at radius 2 is 1.96 bits per heavy atom. The summed E-state index contributed by atoms with van der Waals surface area (Å²) in [7, 11) is 0. The van der Waals surface area contributed by atoms with Crippen molar-refractivity contribution in [2.24, 2.45) is 0 Å². The topological polar surface area (TPSA) is 47.6 Å². The number of hydrogen-bond acceptors (Lipinski definition) is 4. The van der Waals surface area contributed by atoms with Gasteiger partial charge in [-0.1, -0.05) is 0 Å². The first-order valence-corrected chi connectivity index (χ1v) is 9.55. The van der Waals surface area contributed by atoms with Crippen molar-refractivity contribution < 1.29 is 9.18 Å².